The van der Waals surface area contributed by atoms with Crippen LogP contribution in [-0.2, 0) is 0 Å². The maximum Gasteiger partial charge on any atom is 0.161 e. The zero-order valence-corrected chi connectivity index (χ0v) is 12.4. The summed E-state index contributed by atoms with van der Waals surface area (Å²) in [5, 5.41) is 4.15. The van der Waals surface area contributed by atoms with Crippen molar-refractivity contribution in [1.29, 1.82) is 0 Å². The molecule has 0 aromatic carbocycles. The Morgan fingerprint density at radius 2 is 2.25 bits per heavy atom. The van der Waals surface area contributed by atoms with Crippen LogP contribution in [-0.4, -0.2) is 26.8 Å². The topological polar surface area (TPSA) is 42.7 Å². The minimum atomic E-state index is 0.382. The van der Waals surface area contributed by atoms with E-state index in [1.54, 1.807) is 0 Å². The lowest BCUT2D eigenvalue weighted by molar-refractivity contribution is 0.455. The Hall–Kier alpha value is -1.07. The van der Waals surface area contributed by atoms with E-state index in [4.69, 9.17) is 4.98 Å². The lowest BCUT2D eigenvalue weighted by atomic mass is 10.2. The number of nitrogens with zero attached hydrogens (tertiary/aromatic N) is 3. The number of hydrogen-bond acceptors (Lipinski definition) is 4. The predicted octanol–water partition coefficient (Wildman–Crippen LogP) is 3.27. The van der Waals surface area contributed by atoms with Gasteiger partial charge in [-0.05, 0) is 50.1 Å². The van der Waals surface area contributed by atoms with Crippen LogP contribution in [0.3, 0.4) is 0 Å². The Balaban J connectivity index is 1.82. The second-order valence-electron chi connectivity index (χ2n) is 5.65. The average Bonchev–Trinajstić information content (AvgIpc) is 3.14. The molecule has 0 spiro atoms. The normalized spacial score (nSPS) is 27.2. The molecule has 5 heteroatoms. The van der Waals surface area contributed by atoms with E-state index in [-0.39, 0.29) is 0 Å². The Bertz CT molecular complexity index is 597. The SMILES string of the molecule is c1cnc2c(c1)nc(C1CCCCS1)n2C1CCCN1. The molecular formula is C15H20N4S. The molecule has 0 amide bonds. The zero-order chi connectivity index (χ0) is 13.4. The second-order valence-corrected chi connectivity index (χ2v) is 6.96. The van der Waals surface area contributed by atoms with Crippen molar-refractivity contribution in [2.75, 3.05) is 12.3 Å². The van der Waals surface area contributed by atoms with Gasteiger partial charge in [0.15, 0.2) is 5.65 Å². The molecule has 2 aromatic rings. The van der Waals surface area contributed by atoms with Crippen LogP contribution in [0.2, 0.25) is 0 Å². The van der Waals surface area contributed by atoms with E-state index < -0.39 is 0 Å². The molecule has 4 nitrogen and oxygen atoms in total. The molecule has 2 aromatic heterocycles. The second kappa shape index (κ2) is 5.37. The third-order valence-electron chi connectivity index (χ3n) is 4.29. The van der Waals surface area contributed by atoms with Crippen LogP contribution in [0.1, 0.15) is 49.3 Å². The van der Waals surface area contributed by atoms with E-state index in [0.29, 0.717) is 11.4 Å². The van der Waals surface area contributed by atoms with Gasteiger partial charge in [-0.25, -0.2) is 9.97 Å². The summed E-state index contributed by atoms with van der Waals surface area (Å²) in [7, 11) is 0. The fourth-order valence-electron chi connectivity index (χ4n) is 3.31. The van der Waals surface area contributed by atoms with E-state index in [1.165, 1.54) is 43.7 Å². The lowest BCUT2D eigenvalue weighted by Gasteiger charge is -2.24. The van der Waals surface area contributed by atoms with Crippen LogP contribution in [0, 0.1) is 0 Å². The van der Waals surface area contributed by atoms with Crippen molar-refractivity contribution in [3.05, 3.63) is 24.2 Å². The quantitative estimate of drug-likeness (QED) is 0.921. The number of pyridine rings is 1. The number of fused-ring (bicyclic) bond motifs is 1. The number of rotatable bonds is 2. The summed E-state index contributed by atoms with van der Waals surface area (Å²) in [6.07, 6.45) is 8.62. The molecule has 2 aliphatic heterocycles. The van der Waals surface area contributed by atoms with Crippen molar-refractivity contribution in [3.63, 3.8) is 0 Å². The smallest absolute Gasteiger partial charge is 0.161 e. The van der Waals surface area contributed by atoms with Gasteiger partial charge >= 0.3 is 0 Å². The van der Waals surface area contributed by atoms with Gasteiger partial charge in [-0.2, -0.15) is 11.8 Å². The van der Waals surface area contributed by atoms with Gasteiger partial charge in [0.2, 0.25) is 0 Å². The van der Waals surface area contributed by atoms with Crippen molar-refractivity contribution in [2.24, 2.45) is 0 Å². The third-order valence-corrected chi connectivity index (χ3v) is 5.66. The van der Waals surface area contributed by atoms with Crippen LogP contribution in [0.25, 0.3) is 11.2 Å². The Morgan fingerprint density at radius 3 is 3.05 bits per heavy atom. The minimum Gasteiger partial charge on any atom is -0.297 e. The molecular weight excluding hydrogens is 268 g/mol. The van der Waals surface area contributed by atoms with Crippen LogP contribution >= 0.6 is 11.8 Å². The number of aromatic nitrogens is 3. The summed E-state index contributed by atoms with van der Waals surface area (Å²) in [6, 6.07) is 4.07. The summed E-state index contributed by atoms with van der Waals surface area (Å²) in [5.41, 5.74) is 2.09. The van der Waals surface area contributed by atoms with E-state index in [0.717, 1.165) is 17.7 Å². The molecule has 4 heterocycles. The molecule has 0 saturated carbocycles. The number of nitrogens with one attached hydrogen (secondary N) is 1. The third kappa shape index (κ3) is 2.13. The summed E-state index contributed by atoms with van der Waals surface area (Å²) in [4.78, 5) is 9.51. The van der Waals surface area contributed by atoms with Crippen LogP contribution in [0.4, 0.5) is 0 Å². The van der Waals surface area contributed by atoms with Gasteiger partial charge in [-0.3, -0.25) is 9.88 Å². The largest absolute Gasteiger partial charge is 0.297 e. The predicted molar refractivity (Wildman–Crippen MR) is 82.9 cm³/mol. The van der Waals surface area contributed by atoms with E-state index in [2.05, 4.69) is 32.7 Å². The van der Waals surface area contributed by atoms with Gasteiger partial charge in [0, 0.05) is 6.20 Å². The highest BCUT2D eigenvalue weighted by atomic mass is 32.2. The van der Waals surface area contributed by atoms with Crippen LogP contribution in [0.5, 0.6) is 0 Å². The van der Waals surface area contributed by atoms with E-state index in [1.807, 2.05) is 12.3 Å². The molecule has 0 radical (unpaired) electrons. The maximum absolute atomic E-state index is 4.92. The molecule has 2 unspecified atom stereocenters. The highest BCUT2D eigenvalue weighted by Crippen LogP contribution is 2.40. The Morgan fingerprint density at radius 1 is 1.25 bits per heavy atom. The number of thioether (sulfide) groups is 1. The van der Waals surface area contributed by atoms with Crippen molar-refractivity contribution in [2.45, 2.75) is 43.5 Å². The van der Waals surface area contributed by atoms with Gasteiger partial charge in [0.1, 0.15) is 11.3 Å². The molecule has 0 bridgehead atoms. The minimum absolute atomic E-state index is 0.382. The standard InChI is InChI=1S/C15H20N4S/c1-2-10-20-12(6-1)15-18-11-5-3-9-17-14(11)19(15)13-7-4-8-16-13/h3,5,9,12-13,16H,1-2,4,6-8,10H2. The van der Waals surface area contributed by atoms with Gasteiger partial charge in [-0.1, -0.05) is 6.42 Å². The maximum atomic E-state index is 4.92. The summed E-state index contributed by atoms with van der Waals surface area (Å²) >= 11 is 2.07. The first kappa shape index (κ1) is 12.7. The van der Waals surface area contributed by atoms with Crippen LogP contribution in [0.15, 0.2) is 18.3 Å². The first-order chi connectivity index (χ1) is 9.93. The summed E-state index contributed by atoms with van der Waals surface area (Å²) in [5.74, 6) is 2.50. The first-order valence-corrected chi connectivity index (χ1v) is 8.66. The fraction of sp³-hybridized carbons (Fsp3) is 0.600. The monoisotopic (exact) mass is 288 g/mol. The van der Waals surface area contributed by atoms with Gasteiger partial charge in [0.25, 0.3) is 0 Å². The van der Waals surface area contributed by atoms with Crippen molar-refractivity contribution in [1.82, 2.24) is 19.9 Å². The Kier molecular flexibility index (Phi) is 3.40. The highest BCUT2D eigenvalue weighted by Gasteiger charge is 2.28. The van der Waals surface area contributed by atoms with Crippen molar-refractivity contribution in [3.8, 4) is 0 Å². The molecule has 4 rings (SSSR count). The Labute approximate surface area is 123 Å². The molecule has 1 N–H and O–H groups in total. The molecule has 2 saturated heterocycles. The molecule has 0 aliphatic carbocycles. The van der Waals surface area contributed by atoms with Crippen molar-refractivity contribution >= 4 is 22.9 Å². The van der Waals surface area contributed by atoms with Gasteiger partial charge in [0.05, 0.1) is 11.4 Å². The summed E-state index contributed by atoms with van der Waals surface area (Å²) in [6.45, 7) is 1.11. The number of imidazole rings is 1. The van der Waals surface area contributed by atoms with Crippen LogP contribution < -0.4 is 5.32 Å². The molecule has 2 fully saturated rings. The van der Waals surface area contributed by atoms with E-state index >= 15 is 0 Å². The van der Waals surface area contributed by atoms with E-state index in [9.17, 15) is 0 Å². The van der Waals surface area contributed by atoms with Crippen molar-refractivity contribution < 1.29 is 0 Å². The summed E-state index contributed by atoms with van der Waals surface area (Å²) < 4.78 is 2.38. The fourth-order valence-corrected chi connectivity index (χ4v) is 4.62. The molecule has 2 atom stereocenters. The molecule has 106 valence electrons. The van der Waals surface area contributed by atoms with Gasteiger partial charge < -0.3 is 0 Å². The highest BCUT2D eigenvalue weighted by molar-refractivity contribution is 7.99. The van der Waals surface area contributed by atoms with Gasteiger partial charge in [-0.15, -0.1) is 0 Å². The number of hydrogen-bond donors (Lipinski definition) is 1. The average molecular weight is 288 g/mol. The molecule has 20 heavy (non-hydrogen) atoms. The first-order valence-electron chi connectivity index (χ1n) is 7.61. The zero-order valence-electron chi connectivity index (χ0n) is 11.6. The molecule has 2 aliphatic rings. The lowest BCUT2D eigenvalue weighted by Crippen LogP contribution is -2.23.